The molecule has 150 valence electrons. The van der Waals surface area contributed by atoms with Gasteiger partial charge in [-0.2, -0.15) is 13.2 Å². The van der Waals surface area contributed by atoms with Crippen LogP contribution in [0.5, 0.6) is 0 Å². The lowest BCUT2D eigenvalue weighted by atomic mass is 10.1. The van der Waals surface area contributed by atoms with Crippen LogP contribution >= 0.6 is 11.3 Å². The van der Waals surface area contributed by atoms with Crippen LogP contribution in [0.2, 0.25) is 0 Å². The molecule has 2 nitrogen and oxygen atoms in total. The summed E-state index contributed by atoms with van der Waals surface area (Å²) in [5, 5.41) is 2.00. The second-order valence-electron chi connectivity index (χ2n) is 5.55. The summed E-state index contributed by atoms with van der Waals surface area (Å²) in [5.41, 5.74) is 1.31. The van der Waals surface area contributed by atoms with Gasteiger partial charge in [0.05, 0.1) is 5.69 Å². The van der Waals surface area contributed by atoms with E-state index in [-0.39, 0.29) is 17.8 Å². The summed E-state index contributed by atoms with van der Waals surface area (Å²) in [5.74, 6) is -1.29. The molecular formula is C20H19F5N2S. The van der Waals surface area contributed by atoms with E-state index in [0.717, 1.165) is 0 Å². The molecule has 0 aliphatic carbocycles. The average molecular weight is 414 g/mol. The Morgan fingerprint density at radius 2 is 1.54 bits per heavy atom. The Labute approximate surface area is 164 Å². The molecule has 0 aliphatic heterocycles. The van der Waals surface area contributed by atoms with Crippen molar-refractivity contribution in [2.24, 2.45) is 0 Å². The molecule has 0 amide bonds. The minimum absolute atomic E-state index is 0.0498. The Balaban J connectivity index is 0.00000136. The summed E-state index contributed by atoms with van der Waals surface area (Å²) in [4.78, 5) is 4.14. The van der Waals surface area contributed by atoms with Crippen LogP contribution in [0.3, 0.4) is 0 Å². The third-order valence-corrected chi connectivity index (χ3v) is 4.74. The minimum Gasteiger partial charge on any atom is -0.381 e. The summed E-state index contributed by atoms with van der Waals surface area (Å²) >= 11 is 0.596. The van der Waals surface area contributed by atoms with Crippen LogP contribution in [0.4, 0.5) is 27.6 Å². The summed E-state index contributed by atoms with van der Waals surface area (Å²) in [6, 6.07) is 10.1. The topological polar surface area (TPSA) is 24.9 Å². The van der Waals surface area contributed by atoms with Crippen LogP contribution in [0.25, 0.3) is 11.3 Å². The molecule has 8 heteroatoms. The summed E-state index contributed by atoms with van der Waals surface area (Å²) < 4.78 is 65.5. The van der Waals surface area contributed by atoms with Gasteiger partial charge in [-0.3, -0.25) is 0 Å². The van der Waals surface area contributed by atoms with Gasteiger partial charge >= 0.3 is 6.18 Å². The lowest BCUT2D eigenvalue weighted by molar-refractivity contribution is -0.137. The SMILES string of the molecule is CC.Cc1sc(C(F)(F)F)nc1-c1ccc(NCc2c(F)cccc2F)cc1. The standard InChI is InChI=1S/C18H13F5N2S.C2H6/c1-10-16(25-17(26-10)18(21,22)23)11-5-7-12(8-6-11)24-9-13-14(19)3-2-4-15(13)20;1-2/h2-8,24H,9H2,1H3;1-2H3. The smallest absolute Gasteiger partial charge is 0.381 e. The monoisotopic (exact) mass is 414 g/mol. The fraction of sp³-hybridized carbons (Fsp3) is 0.250. The molecule has 1 heterocycles. The van der Waals surface area contributed by atoms with E-state index >= 15 is 0 Å². The zero-order valence-electron chi connectivity index (χ0n) is 15.5. The maximum atomic E-state index is 13.6. The minimum atomic E-state index is -4.47. The number of nitrogens with zero attached hydrogens (tertiary/aromatic N) is 1. The molecule has 0 bridgehead atoms. The Bertz CT molecular complexity index is 897. The molecule has 0 saturated carbocycles. The zero-order chi connectivity index (χ0) is 20.9. The molecule has 1 aromatic heterocycles. The van der Waals surface area contributed by atoms with Gasteiger partial charge in [-0.25, -0.2) is 13.8 Å². The number of halogens is 5. The molecule has 3 rings (SSSR count). The molecule has 28 heavy (non-hydrogen) atoms. The maximum absolute atomic E-state index is 13.6. The van der Waals surface area contributed by atoms with Crippen LogP contribution in [-0.2, 0) is 12.7 Å². The van der Waals surface area contributed by atoms with Gasteiger partial charge < -0.3 is 5.32 Å². The Morgan fingerprint density at radius 1 is 0.964 bits per heavy atom. The molecular weight excluding hydrogens is 395 g/mol. The van der Waals surface area contributed by atoms with E-state index in [1.54, 1.807) is 31.2 Å². The summed E-state index contributed by atoms with van der Waals surface area (Å²) in [6.45, 7) is 5.53. The van der Waals surface area contributed by atoms with Gasteiger partial charge in [0.1, 0.15) is 11.6 Å². The molecule has 0 saturated heterocycles. The van der Waals surface area contributed by atoms with Crippen molar-refractivity contribution in [3.8, 4) is 11.3 Å². The first-order valence-corrected chi connectivity index (χ1v) is 9.39. The highest BCUT2D eigenvalue weighted by Gasteiger charge is 2.35. The highest BCUT2D eigenvalue weighted by atomic mass is 32.1. The van der Waals surface area contributed by atoms with E-state index in [2.05, 4.69) is 10.3 Å². The first-order valence-electron chi connectivity index (χ1n) is 8.57. The number of alkyl halides is 3. The van der Waals surface area contributed by atoms with Crippen molar-refractivity contribution in [2.45, 2.75) is 33.5 Å². The predicted molar refractivity (Wildman–Crippen MR) is 102 cm³/mol. The highest BCUT2D eigenvalue weighted by Crippen LogP contribution is 2.37. The quantitative estimate of drug-likeness (QED) is 0.463. The van der Waals surface area contributed by atoms with Crippen molar-refractivity contribution < 1.29 is 22.0 Å². The van der Waals surface area contributed by atoms with Gasteiger partial charge in [0.2, 0.25) is 0 Å². The number of hydrogen-bond acceptors (Lipinski definition) is 3. The molecule has 0 aliphatic rings. The van der Waals surface area contributed by atoms with Crippen LogP contribution in [-0.4, -0.2) is 4.98 Å². The van der Waals surface area contributed by atoms with Crippen molar-refractivity contribution in [3.63, 3.8) is 0 Å². The molecule has 3 aromatic rings. The van der Waals surface area contributed by atoms with E-state index < -0.39 is 22.8 Å². The van der Waals surface area contributed by atoms with Crippen LogP contribution < -0.4 is 5.32 Å². The van der Waals surface area contributed by atoms with Crippen LogP contribution in [0, 0.1) is 18.6 Å². The van der Waals surface area contributed by atoms with Crippen LogP contribution in [0.15, 0.2) is 42.5 Å². The molecule has 0 unspecified atom stereocenters. The summed E-state index contributed by atoms with van der Waals surface area (Å²) in [7, 11) is 0. The zero-order valence-corrected chi connectivity index (χ0v) is 16.3. The Morgan fingerprint density at radius 3 is 2.04 bits per heavy atom. The molecule has 0 spiro atoms. The Kier molecular flexibility index (Phi) is 7.12. The van der Waals surface area contributed by atoms with Gasteiger partial charge in [-0.15, -0.1) is 11.3 Å². The number of rotatable bonds is 4. The molecule has 0 fully saturated rings. The van der Waals surface area contributed by atoms with E-state index in [4.69, 9.17) is 0 Å². The van der Waals surface area contributed by atoms with Crippen LogP contribution in [0.1, 0.15) is 29.3 Å². The van der Waals surface area contributed by atoms with E-state index in [9.17, 15) is 22.0 Å². The largest absolute Gasteiger partial charge is 0.443 e. The van der Waals surface area contributed by atoms with E-state index in [1.807, 2.05) is 13.8 Å². The third-order valence-electron chi connectivity index (χ3n) is 3.73. The van der Waals surface area contributed by atoms with Crippen molar-refractivity contribution >= 4 is 17.0 Å². The van der Waals surface area contributed by atoms with Gasteiger partial charge in [0.25, 0.3) is 0 Å². The predicted octanol–water partition coefficient (Wildman–Crippen LogP) is 7.05. The number of aryl methyl sites for hydroxylation is 1. The van der Waals surface area contributed by atoms with E-state index in [1.165, 1.54) is 18.2 Å². The first-order chi connectivity index (χ1) is 13.3. The van der Waals surface area contributed by atoms with Crippen molar-refractivity contribution in [1.29, 1.82) is 0 Å². The maximum Gasteiger partial charge on any atom is 0.443 e. The van der Waals surface area contributed by atoms with Crippen molar-refractivity contribution in [1.82, 2.24) is 4.98 Å². The fourth-order valence-electron chi connectivity index (χ4n) is 2.42. The number of aromatic nitrogens is 1. The number of anilines is 1. The van der Waals surface area contributed by atoms with Gasteiger partial charge in [-0.1, -0.05) is 32.0 Å². The lowest BCUT2D eigenvalue weighted by Gasteiger charge is -2.09. The van der Waals surface area contributed by atoms with Crippen molar-refractivity contribution in [2.75, 3.05) is 5.32 Å². The molecule has 0 radical (unpaired) electrons. The van der Waals surface area contributed by atoms with Gasteiger partial charge in [0.15, 0.2) is 5.01 Å². The first kappa shape index (κ1) is 21.8. The normalized spacial score (nSPS) is 11.0. The highest BCUT2D eigenvalue weighted by molar-refractivity contribution is 7.12. The third kappa shape index (κ3) is 5.07. The Hall–Kier alpha value is -2.48. The number of hydrogen-bond donors (Lipinski definition) is 1. The summed E-state index contributed by atoms with van der Waals surface area (Å²) in [6.07, 6.45) is -4.47. The molecule has 0 atom stereocenters. The number of nitrogens with one attached hydrogen (secondary N) is 1. The van der Waals surface area contributed by atoms with Crippen molar-refractivity contribution in [3.05, 3.63) is 69.5 Å². The van der Waals surface area contributed by atoms with Gasteiger partial charge in [-0.05, 0) is 31.2 Å². The second-order valence-corrected chi connectivity index (χ2v) is 6.76. The number of benzene rings is 2. The second kappa shape index (κ2) is 9.14. The van der Waals surface area contributed by atoms with Gasteiger partial charge in [0, 0.05) is 28.2 Å². The fourth-order valence-corrected chi connectivity index (χ4v) is 3.23. The lowest BCUT2D eigenvalue weighted by Crippen LogP contribution is -2.04. The average Bonchev–Trinajstić information content (AvgIpc) is 3.06. The molecule has 1 N–H and O–H groups in total. The molecule has 2 aromatic carbocycles. The van der Waals surface area contributed by atoms with E-state index in [0.29, 0.717) is 27.5 Å². The number of thiazole rings is 1.